The average molecular weight is 386 g/mol. The summed E-state index contributed by atoms with van der Waals surface area (Å²) in [5.41, 5.74) is 1.17. The second-order valence-corrected chi connectivity index (χ2v) is 6.27. The van der Waals surface area contributed by atoms with Crippen molar-refractivity contribution in [3.05, 3.63) is 48.0 Å². The van der Waals surface area contributed by atoms with Crippen LogP contribution in [0.2, 0.25) is 0 Å². The molecule has 0 atom stereocenters. The number of hydrogen-bond donors (Lipinski definition) is 0. The monoisotopic (exact) mass is 386 g/mol. The minimum absolute atomic E-state index is 0.103. The van der Waals surface area contributed by atoms with Crippen LogP contribution in [0.3, 0.4) is 0 Å². The third-order valence-corrected chi connectivity index (χ3v) is 4.72. The zero-order valence-corrected chi connectivity index (χ0v) is 15.9. The Hall–Kier alpha value is -3.07. The molecule has 1 aromatic heterocycles. The molecule has 0 bridgehead atoms. The molecule has 0 saturated heterocycles. The number of thioether (sulfide) groups is 1. The number of ether oxygens (including phenoxy) is 3. The summed E-state index contributed by atoms with van der Waals surface area (Å²) in [7, 11) is 4.65. The van der Waals surface area contributed by atoms with Crippen LogP contribution in [-0.2, 0) is 0 Å². The average Bonchev–Trinajstić information content (AvgIpc) is 3.19. The van der Waals surface area contributed by atoms with Gasteiger partial charge in [0.05, 0.1) is 32.6 Å². The highest BCUT2D eigenvalue weighted by Crippen LogP contribution is 2.28. The van der Waals surface area contributed by atoms with E-state index < -0.39 is 0 Å². The van der Waals surface area contributed by atoms with Gasteiger partial charge in [-0.15, -0.1) is 5.10 Å². The highest BCUT2D eigenvalue weighted by molar-refractivity contribution is 7.99. The van der Waals surface area contributed by atoms with E-state index in [9.17, 15) is 4.79 Å². The maximum Gasteiger partial charge on any atom is 0.214 e. The first kappa shape index (κ1) is 18.7. The van der Waals surface area contributed by atoms with Gasteiger partial charge in [-0.3, -0.25) is 4.79 Å². The van der Waals surface area contributed by atoms with Crippen LogP contribution in [0, 0.1) is 0 Å². The number of para-hydroxylation sites is 2. The van der Waals surface area contributed by atoms with E-state index in [4.69, 9.17) is 14.2 Å². The number of ketones is 1. The third-order valence-electron chi connectivity index (χ3n) is 3.80. The molecular formula is C18H18N4O4S. The van der Waals surface area contributed by atoms with Gasteiger partial charge in [0.1, 0.15) is 22.9 Å². The van der Waals surface area contributed by atoms with Gasteiger partial charge in [-0.25, -0.2) is 0 Å². The molecule has 9 heteroatoms. The molecule has 1 heterocycles. The van der Waals surface area contributed by atoms with E-state index in [-0.39, 0.29) is 11.5 Å². The lowest BCUT2D eigenvalue weighted by Gasteiger charge is -2.10. The lowest BCUT2D eigenvalue weighted by Crippen LogP contribution is -2.07. The molecule has 0 fully saturated rings. The molecule has 0 radical (unpaired) electrons. The molecule has 3 rings (SSSR count). The topological polar surface area (TPSA) is 88.4 Å². The molecule has 0 amide bonds. The fraction of sp³-hybridized carbons (Fsp3) is 0.222. The Balaban J connectivity index is 1.79. The van der Waals surface area contributed by atoms with E-state index in [2.05, 4.69) is 15.5 Å². The number of rotatable bonds is 8. The Kier molecular flexibility index (Phi) is 5.92. The first-order valence-electron chi connectivity index (χ1n) is 7.97. The van der Waals surface area contributed by atoms with Gasteiger partial charge in [0.25, 0.3) is 0 Å². The predicted molar refractivity (Wildman–Crippen MR) is 100 cm³/mol. The van der Waals surface area contributed by atoms with Crippen molar-refractivity contribution in [2.75, 3.05) is 27.1 Å². The van der Waals surface area contributed by atoms with E-state index in [1.807, 2.05) is 24.3 Å². The number of aromatic nitrogens is 4. The summed E-state index contributed by atoms with van der Waals surface area (Å²) < 4.78 is 17.3. The highest BCUT2D eigenvalue weighted by atomic mass is 32.2. The summed E-state index contributed by atoms with van der Waals surface area (Å²) in [4.78, 5) is 12.6. The summed E-state index contributed by atoms with van der Waals surface area (Å²) in [6.45, 7) is 0. The number of tetrazole rings is 1. The number of nitrogens with zero attached hydrogens (tertiary/aromatic N) is 4. The molecule has 0 unspecified atom stereocenters. The molecule has 0 saturated carbocycles. The van der Waals surface area contributed by atoms with Crippen molar-refractivity contribution in [2.24, 2.45) is 0 Å². The Bertz CT molecular complexity index is 945. The summed E-state index contributed by atoms with van der Waals surface area (Å²) in [5.74, 6) is 1.77. The van der Waals surface area contributed by atoms with Gasteiger partial charge in [-0.2, -0.15) is 4.68 Å². The van der Waals surface area contributed by atoms with Crippen LogP contribution >= 0.6 is 11.8 Å². The van der Waals surface area contributed by atoms with Crippen LogP contribution in [0.4, 0.5) is 0 Å². The normalized spacial score (nSPS) is 10.5. The standard InChI is InChI=1S/C18H18N4O4S/c1-24-12-8-9-13(17(10-12)26-3)15(23)11-27-18-19-20-21-22(18)14-6-4-5-7-16(14)25-2/h4-10H,11H2,1-3H3. The first-order valence-corrected chi connectivity index (χ1v) is 8.96. The predicted octanol–water partition coefficient (Wildman–Crippen LogP) is 2.66. The largest absolute Gasteiger partial charge is 0.497 e. The highest BCUT2D eigenvalue weighted by Gasteiger charge is 2.17. The fourth-order valence-electron chi connectivity index (χ4n) is 2.46. The molecule has 2 aromatic carbocycles. The molecule has 0 aliphatic rings. The van der Waals surface area contributed by atoms with Gasteiger partial charge in [0, 0.05) is 6.07 Å². The van der Waals surface area contributed by atoms with Crippen LogP contribution < -0.4 is 14.2 Å². The first-order chi connectivity index (χ1) is 13.2. The maximum atomic E-state index is 12.6. The van der Waals surface area contributed by atoms with Crippen molar-refractivity contribution in [2.45, 2.75) is 5.16 Å². The summed E-state index contributed by atoms with van der Waals surface area (Å²) in [5, 5.41) is 12.2. The number of Topliss-reactive ketones (excluding diaryl/α,β-unsaturated/α-hetero) is 1. The van der Waals surface area contributed by atoms with Crippen molar-refractivity contribution in [3.8, 4) is 22.9 Å². The second kappa shape index (κ2) is 8.54. The van der Waals surface area contributed by atoms with Crippen LogP contribution in [0.15, 0.2) is 47.6 Å². The summed E-state index contributed by atoms with van der Waals surface area (Å²) in [6, 6.07) is 12.5. The Morgan fingerprint density at radius 2 is 1.81 bits per heavy atom. The molecule has 8 nitrogen and oxygen atoms in total. The molecule has 0 aliphatic carbocycles. The minimum atomic E-state index is -0.103. The second-order valence-electron chi connectivity index (χ2n) is 5.32. The molecule has 0 spiro atoms. The smallest absolute Gasteiger partial charge is 0.214 e. The van der Waals surface area contributed by atoms with Crippen LogP contribution in [0.25, 0.3) is 5.69 Å². The molecule has 140 valence electrons. The number of benzene rings is 2. The molecule has 0 N–H and O–H groups in total. The van der Waals surface area contributed by atoms with Gasteiger partial charge in [0.15, 0.2) is 5.78 Å². The number of hydrogen-bond acceptors (Lipinski definition) is 8. The maximum absolute atomic E-state index is 12.6. The van der Waals surface area contributed by atoms with E-state index in [1.54, 1.807) is 37.1 Å². The van der Waals surface area contributed by atoms with Crippen LogP contribution in [0.1, 0.15) is 10.4 Å². The van der Waals surface area contributed by atoms with E-state index >= 15 is 0 Å². The molecule has 3 aromatic rings. The van der Waals surface area contributed by atoms with E-state index in [0.717, 1.165) is 0 Å². The van der Waals surface area contributed by atoms with Crippen molar-refractivity contribution in [1.29, 1.82) is 0 Å². The Morgan fingerprint density at radius 3 is 2.56 bits per heavy atom. The van der Waals surface area contributed by atoms with E-state index in [1.165, 1.54) is 18.9 Å². The van der Waals surface area contributed by atoms with Crippen LogP contribution in [0.5, 0.6) is 17.2 Å². The van der Waals surface area contributed by atoms with E-state index in [0.29, 0.717) is 33.7 Å². The Morgan fingerprint density at radius 1 is 1.04 bits per heavy atom. The fourth-order valence-corrected chi connectivity index (χ4v) is 3.23. The van der Waals surface area contributed by atoms with Crippen molar-refractivity contribution < 1.29 is 19.0 Å². The molecular weight excluding hydrogens is 368 g/mol. The van der Waals surface area contributed by atoms with Gasteiger partial charge < -0.3 is 14.2 Å². The van der Waals surface area contributed by atoms with Crippen molar-refractivity contribution in [1.82, 2.24) is 20.2 Å². The van der Waals surface area contributed by atoms with Gasteiger partial charge >= 0.3 is 0 Å². The van der Waals surface area contributed by atoms with Gasteiger partial charge in [-0.05, 0) is 34.7 Å². The lowest BCUT2D eigenvalue weighted by atomic mass is 10.1. The zero-order valence-electron chi connectivity index (χ0n) is 15.1. The summed E-state index contributed by atoms with van der Waals surface area (Å²) in [6.07, 6.45) is 0. The lowest BCUT2D eigenvalue weighted by molar-refractivity contribution is 0.101. The number of methoxy groups -OCH3 is 3. The Labute approximate surface area is 160 Å². The zero-order chi connectivity index (χ0) is 19.2. The van der Waals surface area contributed by atoms with Crippen LogP contribution in [-0.4, -0.2) is 53.1 Å². The quantitative estimate of drug-likeness (QED) is 0.431. The molecule has 0 aliphatic heterocycles. The summed E-state index contributed by atoms with van der Waals surface area (Å²) >= 11 is 1.23. The number of carbonyl (C=O) groups is 1. The SMILES string of the molecule is COc1ccc(C(=O)CSc2nnnn2-c2ccccc2OC)c(OC)c1. The number of carbonyl (C=O) groups excluding carboxylic acids is 1. The molecule has 27 heavy (non-hydrogen) atoms. The third kappa shape index (κ3) is 4.03. The van der Waals surface area contributed by atoms with Gasteiger partial charge in [-0.1, -0.05) is 23.9 Å². The van der Waals surface area contributed by atoms with Crippen molar-refractivity contribution >= 4 is 17.5 Å². The van der Waals surface area contributed by atoms with Crippen molar-refractivity contribution in [3.63, 3.8) is 0 Å². The van der Waals surface area contributed by atoms with Gasteiger partial charge in [0.2, 0.25) is 5.16 Å². The minimum Gasteiger partial charge on any atom is -0.497 e.